The molecule has 2 N–H and O–H groups in total. The fourth-order valence-electron chi connectivity index (χ4n) is 2.15. The lowest BCUT2D eigenvalue weighted by atomic mass is 10.1. The summed E-state index contributed by atoms with van der Waals surface area (Å²) in [5.74, 6) is -2.79. The second-order valence-corrected chi connectivity index (χ2v) is 4.80. The van der Waals surface area contributed by atoms with Crippen molar-refractivity contribution in [2.75, 3.05) is 5.32 Å². The molecule has 21 heavy (non-hydrogen) atoms. The first-order valence-corrected chi connectivity index (χ1v) is 6.30. The molecule has 2 aromatic rings. The van der Waals surface area contributed by atoms with Gasteiger partial charge in [-0.15, -0.1) is 0 Å². The average Bonchev–Trinajstić information content (AvgIpc) is 2.37. The quantitative estimate of drug-likeness (QED) is 0.909. The van der Waals surface area contributed by atoms with E-state index < -0.39 is 23.3 Å². The van der Waals surface area contributed by atoms with E-state index in [2.05, 4.69) is 5.32 Å². The lowest BCUT2D eigenvalue weighted by Crippen LogP contribution is -2.16. The number of carboxylic acid groups (broad SMARTS) is 1. The van der Waals surface area contributed by atoms with Crippen LogP contribution < -0.4 is 5.32 Å². The van der Waals surface area contributed by atoms with E-state index in [1.54, 1.807) is 12.1 Å². The number of carbonyl (C=O) groups excluding carboxylic acids is 1. The maximum Gasteiger partial charge on any atom is 0.340 e. The Balaban J connectivity index is 2.36. The van der Waals surface area contributed by atoms with E-state index in [0.717, 1.165) is 17.2 Å². The monoisotopic (exact) mass is 287 g/mol. The van der Waals surface area contributed by atoms with Crippen LogP contribution in [0.4, 0.5) is 10.1 Å². The van der Waals surface area contributed by atoms with E-state index in [-0.39, 0.29) is 5.69 Å². The van der Waals surface area contributed by atoms with E-state index in [4.69, 9.17) is 5.11 Å². The highest BCUT2D eigenvalue weighted by molar-refractivity contribution is 6.07. The number of carboxylic acids is 1. The number of carbonyl (C=O) groups is 2. The molecule has 0 aliphatic heterocycles. The van der Waals surface area contributed by atoms with Crippen molar-refractivity contribution in [1.29, 1.82) is 0 Å². The highest BCUT2D eigenvalue weighted by atomic mass is 19.1. The van der Waals surface area contributed by atoms with Crippen LogP contribution in [0.3, 0.4) is 0 Å². The van der Waals surface area contributed by atoms with Crippen LogP contribution in [0, 0.1) is 19.7 Å². The average molecular weight is 287 g/mol. The number of aromatic carboxylic acids is 1. The van der Waals surface area contributed by atoms with Crippen molar-refractivity contribution in [3.8, 4) is 0 Å². The van der Waals surface area contributed by atoms with Crippen LogP contribution in [0.2, 0.25) is 0 Å². The molecule has 0 unspecified atom stereocenters. The Bertz CT molecular complexity index is 705. The van der Waals surface area contributed by atoms with Gasteiger partial charge in [-0.25, -0.2) is 9.18 Å². The number of benzene rings is 2. The molecule has 0 bridgehead atoms. The topological polar surface area (TPSA) is 66.4 Å². The Kier molecular flexibility index (Phi) is 4.03. The van der Waals surface area contributed by atoms with E-state index in [1.165, 1.54) is 12.1 Å². The molecule has 0 saturated carbocycles. The molecule has 0 radical (unpaired) electrons. The molecular formula is C16H14FNO3. The minimum absolute atomic E-state index is 0.0633. The van der Waals surface area contributed by atoms with Crippen molar-refractivity contribution in [2.45, 2.75) is 13.8 Å². The summed E-state index contributed by atoms with van der Waals surface area (Å²) in [5.41, 5.74) is 1.62. The number of nitrogens with one attached hydrogen (secondary N) is 1. The fraction of sp³-hybridized carbons (Fsp3) is 0.125. The highest BCUT2D eigenvalue weighted by Crippen LogP contribution is 2.20. The zero-order valence-electron chi connectivity index (χ0n) is 11.6. The highest BCUT2D eigenvalue weighted by Gasteiger charge is 2.18. The van der Waals surface area contributed by atoms with Crippen molar-refractivity contribution in [1.82, 2.24) is 0 Å². The molecule has 0 saturated heterocycles. The third kappa shape index (κ3) is 3.25. The molecule has 2 rings (SSSR count). The molecule has 4 nitrogen and oxygen atoms in total. The first-order chi connectivity index (χ1) is 9.88. The Morgan fingerprint density at radius 3 is 2.29 bits per heavy atom. The Labute approximate surface area is 121 Å². The molecule has 2 aromatic carbocycles. The van der Waals surface area contributed by atoms with Crippen LogP contribution in [-0.4, -0.2) is 17.0 Å². The number of anilines is 1. The van der Waals surface area contributed by atoms with Gasteiger partial charge in [-0.1, -0.05) is 23.3 Å². The van der Waals surface area contributed by atoms with E-state index in [1.807, 2.05) is 19.9 Å². The summed E-state index contributed by atoms with van der Waals surface area (Å²) in [6.07, 6.45) is 0. The normalized spacial score (nSPS) is 10.2. The zero-order valence-corrected chi connectivity index (χ0v) is 11.6. The van der Waals surface area contributed by atoms with Crippen LogP contribution in [0.5, 0.6) is 0 Å². The lowest BCUT2D eigenvalue weighted by Gasteiger charge is -2.10. The number of rotatable bonds is 3. The number of amides is 1. The number of hydrogen-bond donors (Lipinski definition) is 2. The first-order valence-electron chi connectivity index (χ1n) is 6.30. The summed E-state index contributed by atoms with van der Waals surface area (Å²) in [7, 11) is 0. The van der Waals surface area contributed by atoms with Crippen LogP contribution >= 0.6 is 0 Å². The number of halogens is 1. The van der Waals surface area contributed by atoms with Crippen molar-refractivity contribution in [3.05, 3.63) is 64.5 Å². The van der Waals surface area contributed by atoms with Gasteiger partial charge in [-0.3, -0.25) is 4.79 Å². The summed E-state index contributed by atoms with van der Waals surface area (Å²) in [6.45, 7) is 3.71. The van der Waals surface area contributed by atoms with Gasteiger partial charge in [0, 0.05) is 5.56 Å². The molecule has 0 atom stereocenters. The molecule has 108 valence electrons. The molecule has 0 fully saturated rings. The largest absolute Gasteiger partial charge is 0.478 e. The van der Waals surface area contributed by atoms with Crippen molar-refractivity contribution < 1.29 is 19.1 Å². The van der Waals surface area contributed by atoms with Crippen LogP contribution in [0.25, 0.3) is 0 Å². The molecule has 0 aromatic heterocycles. The molecule has 1 amide bonds. The van der Waals surface area contributed by atoms with Crippen molar-refractivity contribution in [3.63, 3.8) is 0 Å². The summed E-state index contributed by atoms with van der Waals surface area (Å²) in [6, 6.07) is 9.02. The molecule has 0 aliphatic rings. The van der Waals surface area contributed by atoms with Gasteiger partial charge >= 0.3 is 5.97 Å². The lowest BCUT2D eigenvalue weighted by molar-refractivity contribution is 0.0693. The van der Waals surface area contributed by atoms with Gasteiger partial charge in [-0.05, 0) is 38.1 Å². The standard InChI is InChI=1S/C16H14FNO3/c1-9-6-10(2)8-11(7-9)15(19)18-13-5-3-4-12(17)14(13)16(20)21/h3-8H,1-2H3,(H,18,19)(H,20,21). The van der Waals surface area contributed by atoms with E-state index in [0.29, 0.717) is 5.56 Å². The fourth-order valence-corrected chi connectivity index (χ4v) is 2.15. The minimum atomic E-state index is -1.43. The molecule has 0 aliphatic carbocycles. The van der Waals surface area contributed by atoms with Gasteiger partial charge < -0.3 is 10.4 Å². The smallest absolute Gasteiger partial charge is 0.340 e. The van der Waals surface area contributed by atoms with Crippen molar-refractivity contribution in [2.24, 2.45) is 0 Å². The van der Waals surface area contributed by atoms with Gasteiger partial charge in [0.2, 0.25) is 0 Å². The summed E-state index contributed by atoms with van der Waals surface area (Å²) < 4.78 is 13.5. The summed E-state index contributed by atoms with van der Waals surface area (Å²) in [4.78, 5) is 23.3. The van der Waals surface area contributed by atoms with Crippen molar-refractivity contribution >= 4 is 17.6 Å². The maximum absolute atomic E-state index is 13.5. The van der Waals surface area contributed by atoms with Gasteiger partial charge in [-0.2, -0.15) is 0 Å². The molecule has 0 spiro atoms. The second-order valence-electron chi connectivity index (χ2n) is 4.80. The SMILES string of the molecule is Cc1cc(C)cc(C(=O)Nc2cccc(F)c2C(=O)O)c1. The summed E-state index contributed by atoms with van der Waals surface area (Å²) in [5, 5.41) is 11.5. The van der Waals surface area contributed by atoms with E-state index in [9.17, 15) is 14.0 Å². The number of aryl methyl sites for hydroxylation is 2. The summed E-state index contributed by atoms with van der Waals surface area (Å²) >= 11 is 0. The minimum Gasteiger partial charge on any atom is -0.478 e. The van der Waals surface area contributed by atoms with Gasteiger partial charge in [0.15, 0.2) is 0 Å². The predicted molar refractivity (Wildman–Crippen MR) is 77.2 cm³/mol. The Morgan fingerprint density at radius 2 is 1.71 bits per heavy atom. The molecular weight excluding hydrogens is 273 g/mol. The van der Waals surface area contributed by atoms with E-state index >= 15 is 0 Å². The molecule has 0 heterocycles. The Morgan fingerprint density at radius 1 is 1.10 bits per heavy atom. The second kappa shape index (κ2) is 5.75. The predicted octanol–water partition coefficient (Wildman–Crippen LogP) is 3.39. The maximum atomic E-state index is 13.5. The first kappa shape index (κ1) is 14.7. The Hall–Kier alpha value is -2.69. The zero-order chi connectivity index (χ0) is 15.6. The number of hydrogen-bond acceptors (Lipinski definition) is 2. The van der Waals surface area contributed by atoms with Gasteiger partial charge in [0.25, 0.3) is 5.91 Å². The molecule has 5 heteroatoms. The van der Waals surface area contributed by atoms with Gasteiger partial charge in [0.1, 0.15) is 11.4 Å². The van der Waals surface area contributed by atoms with Gasteiger partial charge in [0.05, 0.1) is 5.69 Å². The third-order valence-electron chi connectivity index (χ3n) is 2.96. The van der Waals surface area contributed by atoms with Crippen LogP contribution in [-0.2, 0) is 0 Å². The van der Waals surface area contributed by atoms with Crippen LogP contribution in [0.1, 0.15) is 31.8 Å². The third-order valence-corrected chi connectivity index (χ3v) is 2.96. The van der Waals surface area contributed by atoms with Crippen LogP contribution in [0.15, 0.2) is 36.4 Å².